The van der Waals surface area contributed by atoms with Crippen molar-refractivity contribution in [2.24, 2.45) is 0 Å². The van der Waals surface area contributed by atoms with Gasteiger partial charge in [0.25, 0.3) is 0 Å². The summed E-state index contributed by atoms with van der Waals surface area (Å²) < 4.78 is 0. The lowest BCUT2D eigenvalue weighted by molar-refractivity contribution is -0.134. The van der Waals surface area contributed by atoms with Crippen molar-refractivity contribution < 1.29 is 29.4 Å². The quantitative estimate of drug-likeness (QED) is 0.0893. The number of hydrogen-bond acceptors (Lipinski definition) is 6. The van der Waals surface area contributed by atoms with E-state index in [1.165, 1.54) is 44.4 Å². The van der Waals surface area contributed by atoms with E-state index >= 15 is 0 Å². The lowest BCUT2D eigenvalue weighted by Gasteiger charge is -2.26. The van der Waals surface area contributed by atoms with Gasteiger partial charge in [-0.1, -0.05) is 56.2 Å². The first-order chi connectivity index (χ1) is 18.6. The molecule has 1 rings (SSSR count). The molecule has 1 aliphatic rings. The molecule has 0 saturated carbocycles. The number of carbonyl (C=O) groups excluding carboxylic acids is 4. The molecular weight excluding hydrogens is 500 g/mol. The Morgan fingerprint density at radius 2 is 1.85 bits per heavy atom. The van der Waals surface area contributed by atoms with E-state index in [1.807, 2.05) is 6.08 Å². The Morgan fingerprint density at radius 3 is 2.56 bits per heavy atom. The summed E-state index contributed by atoms with van der Waals surface area (Å²) in [5.41, 5.74) is 0. The number of aliphatic hydroxyl groups is 2. The number of allylic oxidation sites excluding steroid dienone is 5. The number of rotatable bonds is 13. The fourth-order valence-corrected chi connectivity index (χ4v) is 3.77. The molecule has 0 aromatic heterocycles. The molecule has 0 aliphatic carbocycles. The molecular formula is C29H46N4O6. The van der Waals surface area contributed by atoms with E-state index in [9.17, 15) is 29.4 Å². The van der Waals surface area contributed by atoms with Gasteiger partial charge in [0.05, 0.1) is 12.2 Å². The topological polar surface area (TPSA) is 157 Å². The minimum atomic E-state index is -1.31. The minimum Gasteiger partial charge on any atom is -0.393 e. The molecule has 4 amide bonds. The summed E-state index contributed by atoms with van der Waals surface area (Å²) in [4.78, 5) is 49.8. The first-order valence-electron chi connectivity index (χ1n) is 13.9. The van der Waals surface area contributed by atoms with Gasteiger partial charge in [-0.2, -0.15) is 0 Å². The zero-order valence-electron chi connectivity index (χ0n) is 23.4. The van der Waals surface area contributed by atoms with Crippen LogP contribution in [-0.2, 0) is 19.2 Å². The van der Waals surface area contributed by atoms with Gasteiger partial charge in [-0.25, -0.2) is 0 Å². The highest BCUT2D eigenvalue weighted by Gasteiger charge is 2.31. The molecule has 10 nitrogen and oxygen atoms in total. The lowest BCUT2D eigenvalue weighted by Crippen LogP contribution is -2.58. The van der Waals surface area contributed by atoms with Crippen LogP contribution in [0.1, 0.15) is 72.1 Å². The Balaban J connectivity index is 2.68. The van der Waals surface area contributed by atoms with E-state index in [0.29, 0.717) is 0 Å². The number of nitrogens with one attached hydrogen (secondary N) is 4. The average molecular weight is 547 g/mol. The Hall–Kier alpha value is -3.24. The Labute approximate surface area is 232 Å². The Bertz CT molecular complexity index is 896. The first-order valence-corrected chi connectivity index (χ1v) is 13.9. The van der Waals surface area contributed by atoms with Crippen LogP contribution in [-0.4, -0.2) is 70.7 Å². The molecule has 0 radical (unpaired) electrons. The highest BCUT2D eigenvalue weighted by molar-refractivity contribution is 5.95. The van der Waals surface area contributed by atoms with Gasteiger partial charge in [-0.3, -0.25) is 19.2 Å². The maximum atomic E-state index is 12.9. The van der Waals surface area contributed by atoms with Crippen molar-refractivity contribution >= 4 is 23.6 Å². The summed E-state index contributed by atoms with van der Waals surface area (Å²) in [6.45, 7) is 5.40. The van der Waals surface area contributed by atoms with Gasteiger partial charge < -0.3 is 31.5 Å². The van der Waals surface area contributed by atoms with Crippen LogP contribution >= 0.6 is 0 Å². The van der Waals surface area contributed by atoms with E-state index in [1.54, 1.807) is 19.1 Å². The van der Waals surface area contributed by atoms with Crippen molar-refractivity contribution in [1.29, 1.82) is 0 Å². The fourth-order valence-electron chi connectivity index (χ4n) is 3.77. The highest BCUT2D eigenvalue weighted by atomic mass is 16.3. The monoisotopic (exact) mass is 546 g/mol. The number of carbonyl (C=O) groups is 4. The van der Waals surface area contributed by atoms with Crippen LogP contribution in [0.25, 0.3) is 0 Å². The number of unbranched alkanes of at least 4 members (excludes halogenated alkanes) is 4. The third-order valence-corrected chi connectivity index (χ3v) is 6.02. The van der Waals surface area contributed by atoms with Crippen molar-refractivity contribution in [3.05, 3.63) is 48.6 Å². The van der Waals surface area contributed by atoms with Gasteiger partial charge in [-0.05, 0) is 46.0 Å². The van der Waals surface area contributed by atoms with Gasteiger partial charge in [-0.15, -0.1) is 0 Å². The van der Waals surface area contributed by atoms with Crippen LogP contribution in [0.4, 0.5) is 0 Å². The van der Waals surface area contributed by atoms with Crippen LogP contribution < -0.4 is 21.3 Å². The van der Waals surface area contributed by atoms with E-state index < -0.39 is 48.1 Å². The van der Waals surface area contributed by atoms with Crippen LogP contribution in [0.5, 0.6) is 0 Å². The third kappa shape index (κ3) is 15.7. The number of aliphatic hydroxyl groups excluding tert-OH is 2. The van der Waals surface area contributed by atoms with Gasteiger partial charge in [0.15, 0.2) is 0 Å². The summed E-state index contributed by atoms with van der Waals surface area (Å²) in [5.74, 6) is -2.23. The molecule has 0 fully saturated rings. The van der Waals surface area contributed by atoms with Crippen LogP contribution in [0.3, 0.4) is 0 Å². The molecule has 10 heteroatoms. The fraction of sp³-hybridized carbons (Fsp3) is 0.586. The molecule has 218 valence electrons. The second-order valence-electron chi connectivity index (χ2n) is 9.75. The van der Waals surface area contributed by atoms with Crippen molar-refractivity contribution in [3.63, 3.8) is 0 Å². The molecule has 0 aromatic carbocycles. The van der Waals surface area contributed by atoms with E-state index in [0.717, 1.165) is 19.3 Å². The summed E-state index contributed by atoms with van der Waals surface area (Å²) >= 11 is 0. The van der Waals surface area contributed by atoms with Crippen LogP contribution in [0.15, 0.2) is 48.6 Å². The standard InChI is InChI=1S/C29H46N4O6/c1-4-5-6-7-8-9-10-11-12-13-14-15-26(37)33-27(22(3)34)29(39)32-24-20-23(35)18-19-30-25(36)17-16-21(2)31-28(24)38/h8-9,12-17,21-24,27,34-35H,4-7,10-11,18-20H2,1-3H3,(H,30,36)(H,31,38)(H,32,39)(H,33,37)/b9-8-,13-12-,15-14-,17-16-/t21-,22-,23+,24-,27+/m0/s1. The Kier molecular flexibility index (Phi) is 17.1. The maximum Gasteiger partial charge on any atom is 0.245 e. The molecule has 0 unspecified atom stereocenters. The molecule has 1 aliphatic heterocycles. The van der Waals surface area contributed by atoms with Gasteiger partial charge >= 0.3 is 0 Å². The molecule has 0 spiro atoms. The van der Waals surface area contributed by atoms with Gasteiger partial charge in [0.1, 0.15) is 12.1 Å². The van der Waals surface area contributed by atoms with Crippen molar-refractivity contribution in [2.75, 3.05) is 6.54 Å². The number of hydrogen-bond donors (Lipinski definition) is 6. The summed E-state index contributed by atoms with van der Waals surface area (Å²) in [6, 6.07) is -2.94. The zero-order chi connectivity index (χ0) is 29.0. The normalized spacial score (nSPS) is 23.5. The van der Waals surface area contributed by atoms with Crippen molar-refractivity contribution in [1.82, 2.24) is 21.3 Å². The SMILES string of the molecule is CCCCC/C=C\CC/C=C\C=C/C(=O)N[C@@H](C(=O)N[C@H]1C[C@H](O)CCNC(=O)/C=C\[C@H](C)NC1=O)[C@H](C)O. The summed E-state index contributed by atoms with van der Waals surface area (Å²) in [5, 5.41) is 30.8. The summed E-state index contributed by atoms with van der Waals surface area (Å²) in [7, 11) is 0. The molecule has 0 aromatic rings. The number of amides is 4. The van der Waals surface area contributed by atoms with Crippen molar-refractivity contribution in [2.45, 2.75) is 102 Å². The molecule has 0 saturated heterocycles. The molecule has 6 N–H and O–H groups in total. The van der Waals surface area contributed by atoms with Gasteiger partial charge in [0.2, 0.25) is 23.6 Å². The molecule has 5 atom stereocenters. The van der Waals surface area contributed by atoms with Crippen molar-refractivity contribution in [3.8, 4) is 0 Å². The highest BCUT2D eigenvalue weighted by Crippen LogP contribution is 2.07. The molecule has 0 bridgehead atoms. The molecule has 1 heterocycles. The predicted octanol–water partition coefficient (Wildman–Crippen LogP) is 1.70. The minimum absolute atomic E-state index is 0.108. The maximum absolute atomic E-state index is 12.9. The lowest BCUT2D eigenvalue weighted by atomic mass is 10.0. The first kappa shape index (κ1) is 33.8. The van der Waals surface area contributed by atoms with E-state index in [2.05, 4.69) is 40.3 Å². The van der Waals surface area contributed by atoms with Crippen LogP contribution in [0, 0.1) is 0 Å². The van der Waals surface area contributed by atoms with Gasteiger partial charge in [0, 0.05) is 31.2 Å². The second-order valence-corrected chi connectivity index (χ2v) is 9.75. The molecule has 39 heavy (non-hydrogen) atoms. The zero-order valence-corrected chi connectivity index (χ0v) is 23.4. The smallest absolute Gasteiger partial charge is 0.245 e. The third-order valence-electron chi connectivity index (χ3n) is 6.02. The Morgan fingerprint density at radius 1 is 1.13 bits per heavy atom. The second kappa shape index (κ2) is 19.8. The van der Waals surface area contributed by atoms with Crippen LogP contribution in [0.2, 0.25) is 0 Å². The van der Waals surface area contributed by atoms with E-state index in [4.69, 9.17) is 0 Å². The average Bonchev–Trinajstić information content (AvgIpc) is 2.88. The largest absolute Gasteiger partial charge is 0.393 e. The predicted molar refractivity (Wildman–Crippen MR) is 151 cm³/mol. The summed E-state index contributed by atoms with van der Waals surface area (Å²) in [6.07, 6.45) is 18.0. The van der Waals surface area contributed by atoms with E-state index in [-0.39, 0.29) is 25.3 Å².